The topological polar surface area (TPSA) is 63.0 Å². The van der Waals surface area contributed by atoms with Crippen molar-refractivity contribution in [3.63, 3.8) is 0 Å². The highest BCUT2D eigenvalue weighted by Crippen LogP contribution is 1.92. The number of nitrogens with one attached hydrogen (secondary N) is 2. The first-order valence-corrected chi connectivity index (χ1v) is 3.87. The molecule has 12 heavy (non-hydrogen) atoms. The quantitative estimate of drug-likeness (QED) is 0.451. The Morgan fingerprint density at radius 2 is 2.50 bits per heavy atom. The lowest BCUT2D eigenvalue weighted by Crippen LogP contribution is -2.40. The molecule has 0 aliphatic heterocycles. The second-order valence-electron chi connectivity index (χ2n) is 2.20. The van der Waals surface area contributed by atoms with Crippen molar-refractivity contribution in [2.24, 2.45) is 5.73 Å². The third kappa shape index (κ3) is 3.27. The molecule has 0 spiro atoms. The van der Waals surface area contributed by atoms with Gasteiger partial charge in [-0.05, 0) is 23.8 Å². The Kier molecular flexibility index (Phi) is 3.43. The third-order valence-electron chi connectivity index (χ3n) is 1.23. The van der Waals surface area contributed by atoms with Gasteiger partial charge in [-0.3, -0.25) is 10.4 Å². The van der Waals surface area contributed by atoms with Crippen LogP contribution in [0.2, 0.25) is 0 Å². The van der Waals surface area contributed by atoms with Gasteiger partial charge >= 0.3 is 0 Å². The van der Waals surface area contributed by atoms with Gasteiger partial charge in [-0.1, -0.05) is 6.07 Å². The number of hydrazine groups is 1. The molecule has 0 radical (unpaired) electrons. The molecule has 0 bridgehead atoms. The molecule has 1 aromatic heterocycles. The molecule has 0 aliphatic rings. The molecule has 5 heteroatoms. The fourth-order valence-electron chi connectivity index (χ4n) is 0.736. The van der Waals surface area contributed by atoms with Crippen molar-refractivity contribution in [2.45, 2.75) is 6.54 Å². The Balaban J connectivity index is 2.29. The zero-order chi connectivity index (χ0) is 8.81. The second kappa shape index (κ2) is 4.63. The van der Waals surface area contributed by atoms with Crippen LogP contribution < -0.4 is 16.6 Å². The van der Waals surface area contributed by atoms with E-state index in [1.807, 2.05) is 12.1 Å². The number of hydrogen-bond acceptors (Lipinski definition) is 3. The van der Waals surface area contributed by atoms with Crippen molar-refractivity contribution < 1.29 is 0 Å². The summed E-state index contributed by atoms with van der Waals surface area (Å²) < 4.78 is 0. The number of hydrogen-bond donors (Lipinski definition) is 3. The molecule has 0 amide bonds. The number of pyridine rings is 1. The van der Waals surface area contributed by atoms with Gasteiger partial charge < -0.3 is 5.73 Å². The van der Waals surface area contributed by atoms with Crippen molar-refractivity contribution in [3.05, 3.63) is 30.1 Å². The molecule has 4 N–H and O–H groups in total. The summed E-state index contributed by atoms with van der Waals surface area (Å²) >= 11 is 4.60. The highest BCUT2D eigenvalue weighted by molar-refractivity contribution is 7.80. The Morgan fingerprint density at radius 3 is 3.08 bits per heavy atom. The van der Waals surface area contributed by atoms with Crippen LogP contribution in [0.1, 0.15) is 5.56 Å². The van der Waals surface area contributed by atoms with E-state index >= 15 is 0 Å². The molecule has 1 heterocycles. The van der Waals surface area contributed by atoms with Crippen molar-refractivity contribution >= 4 is 17.3 Å². The van der Waals surface area contributed by atoms with Crippen LogP contribution in [0.25, 0.3) is 0 Å². The standard InChI is InChI=1S/C7H10N4S/c8-7(12)11-10-5-6-2-1-3-9-4-6/h1-4,10H,5H2,(H3,8,11,12). The van der Waals surface area contributed by atoms with E-state index in [1.165, 1.54) is 0 Å². The smallest absolute Gasteiger partial charge is 0.178 e. The van der Waals surface area contributed by atoms with Crippen molar-refractivity contribution in [1.29, 1.82) is 0 Å². The van der Waals surface area contributed by atoms with Crippen molar-refractivity contribution in [3.8, 4) is 0 Å². The van der Waals surface area contributed by atoms with Crippen molar-refractivity contribution in [2.75, 3.05) is 0 Å². The summed E-state index contributed by atoms with van der Waals surface area (Å²) in [6.45, 7) is 0.644. The number of nitrogens with two attached hydrogens (primary N) is 1. The number of nitrogens with zero attached hydrogens (tertiary/aromatic N) is 1. The van der Waals surface area contributed by atoms with E-state index in [0.29, 0.717) is 6.54 Å². The average molecular weight is 182 g/mol. The van der Waals surface area contributed by atoms with Gasteiger partial charge in [-0.25, -0.2) is 5.43 Å². The third-order valence-corrected chi connectivity index (χ3v) is 1.33. The number of rotatable bonds is 3. The summed E-state index contributed by atoms with van der Waals surface area (Å²) in [5.41, 5.74) is 11.7. The molecule has 1 aromatic rings. The van der Waals surface area contributed by atoms with Gasteiger partial charge in [-0.15, -0.1) is 0 Å². The zero-order valence-electron chi connectivity index (χ0n) is 6.45. The summed E-state index contributed by atoms with van der Waals surface area (Å²) in [5.74, 6) is 0. The van der Waals surface area contributed by atoms with Gasteiger partial charge in [0.1, 0.15) is 0 Å². The molecule has 0 atom stereocenters. The van der Waals surface area contributed by atoms with E-state index in [4.69, 9.17) is 5.73 Å². The molecular formula is C7H10N4S. The molecule has 0 saturated carbocycles. The van der Waals surface area contributed by atoms with Crippen LogP contribution in [-0.2, 0) is 6.54 Å². The van der Waals surface area contributed by atoms with Crippen LogP contribution >= 0.6 is 12.2 Å². The van der Waals surface area contributed by atoms with Gasteiger partial charge in [0.25, 0.3) is 0 Å². The normalized spacial score (nSPS) is 9.33. The van der Waals surface area contributed by atoms with E-state index in [0.717, 1.165) is 5.56 Å². The van der Waals surface area contributed by atoms with Crippen molar-refractivity contribution in [1.82, 2.24) is 15.8 Å². The van der Waals surface area contributed by atoms with Crippen LogP contribution in [0.3, 0.4) is 0 Å². The number of thiocarbonyl (C=S) groups is 1. The predicted molar refractivity (Wildman–Crippen MR) is 51.0 cm³/mol. The van der Waals surface area contributed by atoms with Crippen LogP contribution in [0.15, 0.2) is 24.5 Å². The fourth-order valence-corrected chi connectivity index (χ4v) is 0.808. The van der Waals surface area contributed by atoms with E-state index in [1.54, 1.807) is 12.4 Å². The van der Waals surface area contributed by atoms with Crippen LogP contribution in [0, 0.1) is 0 Å². The maximum atomic E-state index is 5.20. The molecule has 0 unspecified atom stereocenters. The maximum absolute atomic E-state index is 5.20. The monoisotopic (exact) mass is 182 g/mol. The molecule has 0 aromatic carbocycles. The minimum Gasteiger partial charge on any atom is -0.375 e. The molecule has 4 nitrogen and oxygen atoms in total. The molecule has 1 rings (SSSR count). The summed E-state index contributed by atoms with van der Waals surface area (Å²) in [6, 6.07) is 3.83. The summed E-state index contributed by atoms with van der Waals surface area (Å²) in [6.07, 6.45) is 3.50. The molecule has 0 saturated heterocycles. The van der Waals surface area contributed by atoms with Crippen LogP contribution in [-0.4, -0.2) is 10.1 Å². The van der Waals surface area contributed by atoms with Gasteiger partial charge in [0, 0.05) is 18.9 Å². The highest BCUT2D eigenvalue weighted by Gasteiger charge is 1.89. The Morgan fingerprint density at radius 1 is 1.67 bits per heavy atom. The molecular weight excluding hydrogens is 172 g/mol. The lowest BCUT2D eigenvalue weighted by molar-refractivity contribution is 0.654. The first-order chi connectivity index (χ1) is 5.79. The Hall–Kier alpha value is -1.20. The van der Waals surface area contributed by atoms with E-state index in [2.05, 4.69) is 28.1 Å². The Bertz CT molecular complexity index is 249. The first kappa shape index (κ1) is 8.89. The second-order valence-corrected chi connectivity index (χ2v) is 2.64. The summed E-state index contributed by atoms with van der Waals surface area (Å²) in [4.78, 5) is 3.95. The van der Waals surface area contributed by atoms with Gasteiger partial charge in [-0.2, -0.15) is 0 Å². The SMILES string of the molecule is NC(=S)NNCc1cccnc1. The van der Waals surface area contributed by atoms with E-state index in [9.17, 15) is 0 Å². The predicted octanol–water partition coefficient (Wildman–Crippen LogP) is -0.0806. The first-order valence-electron chi connectivity index (χ1n) is 3.46. The van der Waals surface area contributed by atoms with Crippen LogP contribution in [0.5, 0.6) is 0 Å². The van der Waals surface area contributed by atoms with E-state index in [-0.39, 0.29) is 5.11 Å². The summed E-state index contributed by atoms with van der Waals surface area (Å²) in [7, 11) is 0. The van der Waals surface area contributed by atoms with Crippen LogP contribution in [0.4, 0.5) is 0 Å². The average Bonchev–Trinajstić information content (AvgIpc) is 2.05. The summed E-state index contributed by atoms with van der Waals surface area (Å²) in [5, 5.41) is 0.235. The minimum atomic E-state index is 0.235. The number of aromatic nitrogens is 1. The van der Waals surface area contributed by atoms with Gasteiger partial charge in [0.15, 0.2) is 5.11 Å². The highest BCUT2D eigenvalue weighted by atomic mass is 32.1. The lowest BCUT2D eigenvalue weighted by atomic mass is 10.3. The lowest BCUT2D eigenvalue weighted by Gasteiger charge is -2.04. The Labute approximate surface area is 76.1 Å². The zero-order valence-corrected chi connectivity index (χ0v) is 7.27. The van der Waals surface area contributed by atoms with Gasteiger partial charge in [0.05, 0.1) is 0 Å². The molecule has 0 fully saturated rings. The molecule has 0 aliphatic carbocycles. The largest absolute Gasteiger partial charge is 0.375 e. The van der Waals surface area contributed by atoms with E-state index < -0.39 is 0 Å². The van der Waals surface area contributed by atoms with Gasteiger partial charge in [0.2, 0.25) is 0 Å². The molecule has 64 valence electrons. The minimum absolute atomic E-state index is 0.235. The fraction of sp³-hybridized carbons (Fsp3) is 0.143. The maximum Gasteiger partial charge on any atom is 0.178 e.